The van der Waals surface area contributed by atoms with Crippen molar-refractivity contribution >= 4 is 0 Å². The van der Waals surface area contributed by atoms with Crippen LogP contribution in [0, 0.1) is 11.6 Å². The van der Waals surface area contributed by atoms with Gasteiger partial charge in [-0.1, -0.05) is 0 Å². The molecule has 0 aliphatic rings. The Labute approximate surface area is 102 Å². The maximum Gasteiger partial charge on any atom is 0.216 e. The van der Waals surface area contributed by atoms with E-state index in [-0.39, 0.29) is 17.1 Å². The van der Waals surface area contributed by atoms with Gasteiger partial charge in [0, 0.05) is 12.1 Å². The maximum atomic E-state index is 13.0. The summed E-state index contributed by atoms with van der Waals surface area (Å²) in [4.78, 5) is 7.61. The molecule has 94 valence electrons. The molecule has 1 heterocycles. The van der Waals surface area contributed by atoms with Crippen molar-refractivity contribution in [1.82, 2.24) is 9.97 Å². The third-order valence-corrected chi connectivity index (χ3v) is 2.35. The summed E-state index contributed by atoms with van der Waals surface area (Å²) in [6.45, 7) is 0. The SMILES string of the molecule is COc1cc(C(O)c2cc(F)cc(F)c2)ncn1. The van der Waals surface area contributed by atoms with Gasteiger partial charge in [-0.15, -0.1) is 0 Å². The Morgan fingerprint density at radius 1 is 1.11 bits per heavy atom. The molecule has 1 unspecified atom stereocenters. The number of hydrogen-bond acceptors (Lipinski definition) is 4. The summed E-state index contributed by atoms with van der Waals surface area (Å²) in [6, 6.07) is 4.22. The van der Waals surface area contributed by atoms with Crippen molar-refractivity contribution in [2.75, 3.05) is 7.11 Å². The van der Waals surface area contributed by atoms with Gasteiger partial charge in [-0.25, -0.2) is 18.7 Å². The van der Waals surface area contributed by atoms with Crippen LogP contribution in [-0.4, -0.2) is 22.2 Å². The quantitative estimate of drug-likeness (QED) is 0.905. The van der Waals surface area contributed by atoms with Gasteiger partial charge >= 0.3 is 0 Å². The summed E-state index contributed by atoms with van der Waals surface area (Å²) in [6.07, 6.45) is -0.0420. The topological polar surface area (TPSA) is 55.2 Å². The molecule has 0 aliphatic heterocycles. The van der Waals surface area contributed by atoms with E-state index in [9.17, 15) is 13.9 Å². The van der Waals surface area contributed by atoms with E-state index in [0.717, 1.165) is 18.2 Å². The van der Waals surface area contributed by atoms with Gasteiger partial charge in [-0.3, -0.25) is 0 Å². The Hall–Kier alpha value is -2.08. The molecule has 4 nitrogen and oxygen atoms in total. The predicted octanol–water partition coefficient (Wildman–Crippen LogP) is 1.85. The zero-order valence-electron chi connectivity index (χ0n) is 9.47. The molecule has 18 heavy (non-hydrogen) atoms. The number of benzene rings is 1. The Morgan fingerprint density at radius 3 is 2.39 bits per heavy atom. The molecular weight excluding hydrogens is 242 g/mol. The van der Waals surface area contributed by atoms with Crippen LogP contribution in [0.1, 0.15) is 17.4 Å². The molecule has 0 aliphatic carbocycles. The highest BCUT2D eigenvalue weighted by molar-refractivity contribution is 5.28. The standard InChI is InChI=1S/C12H10F2N2O2/c1-18-11-5-10(15-6-16-11)12(17)7-2-8(13)4-9(14)3-7/h2-6,12,17H,1H3. The molecule has 0 saturated carbocycles. The molecule has 2 rings (SSSR count). The monoisotopic (exact) mass is 252 g/mol. The Morgan fingerprint density at radius 2 is 1.78 bits per heavy atom. The predicted molar refractivity (Wildman–Crippen MR) is 59.0 cm³/mol. The zero-order chi connectivity index (χ0) is 13.1. The van der Waals surface area contributed by atoms with Crippen LogP contribution in [0.25, 0.3) is 0 Å². The van der Waals surface area contributed by atoms with E-state index < -0.39 is 17.7 Å². The number of hydrogen-bond donors (Lipinski definition) is 1. The van der Waals surface area contributed by atoms with Gasteiger partial charge in [0.25, 0.3) is 0 Å². The van der Waals surface area contributed by atoms with Gasteiger partial charge in [0.1, 0.15) is 24.1 Å². The van der Waals surface area contributed by atoms with E-state index >= 15 is 0 Å². The third kappa shape index (κ3) is 2.60. The molecule has 2 aromatic rings. The smallest absolute Gasteiger partial charge is 0.216 e. The molecular formula is C12H10F2N2O2. The van der Waals surface area contributed by atoms with Crippen molar-refractivity contribution in [1.29, 1.82) is 0 Å². The molecule has 0 saturated heterocycles. The number of ether oxygens (including phenoxy) is 1. The van der Waals surface area contributed by atoms with Crippen LogP contribution >= 0.6 is 0 Å². The van der Waals surface area contributed by atoms with E-state index in [4.69, 9.17) is 4.74 Å². The summed E-state index contributed by atoms with van der Waals surface area (Å²) in [5, 5.41) is 9.98. The fourth-order valence-electron chi connectivity index (χ4n) is 1.52. The lowest BCUT2D eigenvalue weighted by Gasteiger charge is -2.11. The van der Waals surface area contributed by atoms with Gasteiger partial charge < -0.3 is 9.84 Å². The first-order chi connectivity index (χ1) is 8.60. The molecule has 1 aromatic carbocycles. The lowest BCUT2D eigenvalue weighted by molar-refractivity contribution is 0.213. The number of nitrogens with zero attached hydrogens (tertiary/aromatic N) is 2. The van der Waals surface area contributed by atoms with E-state index in [0.29, 0.717) is 0 Å². The fourth-order valence-corrected chi connectivity index (χ4v) is 1.52. The highest BCUT2D eigenvalue weighted by Gasteiger charge is 2.15. The first-order valence-corrected chi connectivity index (χ1v) is 5.10. The van der Waals surface area contributed by atoms with Crippen molar-refractivity contribution in [3.8, 4) is 5.88 Å². The van der Waals surface area contributed by atoms with Gasteiger partial charge in [0.15, 0.2) is 0 Å². The lowest BCUT2D eigenvalue weighted by Crippen LogP contribution is -2.04. The summed E-state index contributed by atoms with van der Waals surface area (Å²) in [5.41, 5.74) is 0.278. The molecule has 0 amide bonds. The highest BCUT2D eigenvalue weighted by atomic mass is 19.1. The minimum atomic E-state index is -1.24. The van der Waals surface area contributed by atoms with Crippen molar-refractivity contribution in [3.05, 3.63) is 53.5 Å². The average molecular weight is 252 g/mol. The van der Waals surface area contributed by atoms with Crippen molar-refractivity contribution < 1.29 is 18.6 Å². The van der Waals surface area contributed by atoms with E-state index in [2.05, 4.69) is 9.97 Å². The minimum absolute atomic E-state index is 0.0771. The van der Waals surface area contributed by atoms with Crippen LogP contribution in [0.3, 0.4) is 0 Å². The largest absolute Gasteiger partial charge is 0.481 e. The molecule has 0 fully saturated rings. The number of methoxy groups -OCH3 is 1. The molecule has 0 bridgehead atoms. The molecule has 1 atom stereocenters. The van der Waals surface area contributed by atoms with Crippen molar-refractivity contribution in [2.45, 2.75) is 6.10 Å². The van der Waals surface area contributed by atoms with Crippen molar-refractivity contribution in [3.63, 3.8) is 0 Å². The minimum Gasteiger partial charge on any atom is -0.481 e. The number of aliphatic hydroxyl groups is 1. The van der Waals surface area contributed by atoms with Gasteiger partial charge in [-0.2, -0.15) is 0 Å². The van der Waals surface area contributed by atoms with Gasteiger partial charge in [0.2, 0.25) is 5.88 Å². The van der Waals surface area contributed by atoms with Gasteiger partial charge in [-0.05, 0) is 17.7 Å². The first kappa shape index (κ1) is 12.4. The molecule has 0 spiro atoms. The number of aliphatic hydroxyl groups excluding tert-OH is 1. The second kappa shape index (κ2) is 5.05. The second-order valence-electron chi connectivity index (χ2n) is 3.59. The summed E-state index contributed by atoms with van der Waals surface area (Å²) < 4.78 is 31.0. The zero-order valence-corrected chi connectivity index (χ0v) is 9.47. The lowest BCUT2D eigenvalue weighted by atomic mass is 10.1. The Balaban J connectivity index is 2.37. The van der Waals surface area contributed by atoms with E-state index in [1.54, 1.807) is 0 Å². The summed E-state index contributed by atoms with van der Waals surface area (Å²) in [5.74, 6) is -1.26. The summed E-state index contributed by atoms with van der Waals surface area (Å²) >= 11 is 0. The first-order valence-electron chi connectivity index (χ1n) is 5.10. The van der Waals surface area contributed by atoms with E-state index in [1.807, 2.05) is 0 Å². The second-order valence-corrected chi connectivity index (χ2v) is 3.59. The van der Waals surface area contributed by atoms with Crippen LogP contribution < -0.4 is 4.74 Å². The molecule has 0 radical (unpaired) electrons. The average Bonchev–Trinajstić information content (AvgIpc) is 2.37. The third-order valence-electron chi connectivity index (χ3n) is 2.35. The van der Waals surface area contributed by atoms with Crippen LogP contribution in [0.15, 0.2) is 30.6 Å². The molecule has 1 N–H and O–H groups in total. The Bertz CT molecular complexity index is 543. The number of rotatable bonds is 3. The fraction of sp³-hybridized carbons (Fsp3) is 0.167. The number of aromatic nitrogens is 2. The van der Waals surface area contributed by atoms with E-state index in [1.165, 1.54) is 19.5 Å². The maximum absolute atomic E-state index is 13.0. The summed E-state index contributed by atoms with van der Waals surface area (Å²) in [7, 11) is 1.42. The number of halogens is 2. The highest BCUT2D eigenvalue weighted by Crippen LogP contribution is 2.23. The van der Waals surface area contributed by atoms with Crippen LogP contribution in [-0.2, 0) is 0 Å². The Kier molecular flexibility index (Phi) is 3.47. The van der Waals surface area contributed by atoms with Crippen molar-refractivity contribution in [2.24, 2.45) is 0 Å². The van der Waals surface area contributed by atoms with Crippen LogP contribution in [0.5, 0.6) is 5.88 Å². The van der Waals surface area contributed by atoms with Crippen LogP contribution in [0.4, 0.5) is 8.78 Å². The molecule has 6 heteroatoms. The molecule has 1 aromatic heterocycles. The van der Waals surface area contributed by atoms with Crippen LogP contribution in [0.2, 0.25) is 0 Å². The van der Waals surface area contributed by atoms with Gasteiger partial charge in [0.05, 0.1) is 12.8 Å². The normalized spacial score (nSPS) is 12.2.